The monoisotopic (exact) mass is 396 g/mol. The van der Waals surface area contributed by atoms with Crippen molar-refractivity contribution >= 4 is 40.0 Å². The zero-order valence-corrected chi connectivity index (χ0v) is 15.8. The van der Waals surface area contributed by atoms with Crippen LogP contribution in [0, 0.1) is 5.92 Å². The maximum absolute atomic E-state index is 12.3. The fourth-order valence-electron chi connectivity index (χ4n) is 2.59. The van der Waals surface area contributed by atoms with Gasteiger partial charge in [-0.25, -0.2) is 17.9 Å². The van der Waals surface area contributed by atoms with E-state index in [4.69, 9.17) is 11.6 Å². The molecule has 0 radical (unpaired) electrons. The second-order valence-electron chi connectivity index (χ2n) is 5.53. The SMILES string of the molecule is COC(=O)c1ccc(S(=O)(=O)NCCC2CCCNC2)cc1Cl.Cl. The molecule has 2 rings (SSSR count). The lowest BCUT2D eigenvalue weighted by molar-refractivity contribution is 0.0601. The van der Waals surface area contributed by atoms with Gasteiger partial charge in [0.1, 0.15) is 0 Å². The Labute approximate surface area is 153 Å². The summed E-state index contributed by atoms with van der Waals surface area (Å²) in [6.07, 6.45) is 3.04. The molecule has 1 unspecified atom stereocenters. The molecule has 24 heavy (non-hydrogen) atoms. The first-order chi connectivity index (χ1) is 10.9. The average molecular weight is 397 g/mol. The summed E-state index contributed by atoms with van der Waals surface area (Å²) in [6.45, 7) is 2.35. The largest absolute Gasteiger partial charge is 0.465 e. The Balaban J connectivity index is 0.00000288. The van der Waals surface area contributed by atoms with E-state index in [-0.39, 0.29) is 27.9 Å². The minimum atomic E-state index is -3.64. The summed E-state index contributed by atoms with van der Waals surface area (Å²) in [6, 6.07) is 3.97. The Bertz CT molecular complexity index is 661. The van der Waals surface area contributed by atoms with Gasteiger partial charge < -0.3 is 10.1 Å². The van der Waals surface area contributed by atoms with Gasteiger partial charge in [-0.3, -0.25) is 0 Å². The van der Waals surface area contributed by atoms with E-state index in [1.54, 1.807) is 0 Å². The van der Waals surface area contributed by atoms with Crippen LogP contribution >= 0.6 is 24.0 Å². The topological polar surface area (TPSA) is 84.5 Å². The summed E-state index contributed by atoms with van der Waals surface area (Å²) >= 11 is 5.96. The number of rotatable bonds is 6. The number of ether oxygens (including phenoxy) is 1. The van der Waals surface area contributed by atoms with Crippen LogP contribution in [0.25, 0.3) is 0 Å². The van der Waals surface area contributed by atoms with E-state index in [2.05, 4.69) is 14.8 Å². The number of halogens is 2. The third-order valence-corrected chi connectivity index (χ3v) is 5.67. The Morgan fingerprint density at radius 3 is 2.79 bits per heavy atom. The quantitative estimate of drug-likeness (QED) is 0.720. The third kappa shape index (κ3) is 5.60. The second-order valence-corrected chi connectivity index (χ2v) is 7.71. The van der Waals surface area contributed by atoms with Gasteiger partial charge in [0.05, 0.1) is 22.6 Å². The van der Waals surface area contributed by atoms with Crippen LogP contribution in [0.4, 0.5) is 0 Å². The van der Waals surface area contributed by atoms with E-state index in [9.17, 15) is 13.2 Å². The zero-order chi connectivity index (χ0) is 16.9. The standard InChI is InChI=1S/C15H21ClN2O4S.ClH/c1-22-15(19)13-5-4-12(9-14(13)16)23(20,21)18-8-6-11-3-2-7-17-10-11;/h4-5,9,11,17-18H,2-3,6-8,10H2,1H3;1H. The lowest BCUT2D eigenvalue weighted by atomic mass is 9.96. The molecule has 1 aliphatic heterocycles. The van der Waals surface area contributed by atoms with Crippen LogP contribution in [0.3, 0.4) is 0 Å². The van der Waals surface area contributed by atoms with Gasteiger partial charge in [0.15, 0.2) is 0 Å². The van der Waals surface area contributed by atoms with Crippen molar-refractivity contribution in [1.82, 2.24) is 10.0 Å². The molecule has 0 aliphatic carbocycles. The molecule has 1 aromatic rings. The van der Waals surface area contributed by atoms with Gasteiger partial charge in [-0.15, -0.1) is 12.4 Å². The van der Waals surface area contributed by atoms with Gasteiger partial charge in [-0.2, -0.15) is 0 Å². The Kier molecular flexibility index (Phi) is 8.45. The molecule has 1 aliphatic rings. The zero-order valence-electron chi connectivity index (χ0n) is 13.4. The Hall–Kier alpha value is -0.860. The van der Waals surface area contributed by atoms with E-state index in [1.807, 2.05) is 0 Å². The molecule has 0 saturated carbocycles. The predicted octanol–water partition coefficient (Wildman–Crippen LogP) is 2.22. The minimum Gasteiger partial charge on any atom is -0.465 e. The number of hydrogen-bond acceptors (Lipinski definition) is 5. The summed E-state index contributed by atoms with van der Waals surface area (Å²) in [5.74, 6) is -0.103. The van der Waals surface area contributed by atoms with Crippen LogP contribution in [0.2, 0.25) is 5.02 Å². The number of esters is 1. The number of carbonyl (C=O) groups is 1. The van der Waals surface area contributed by atoms with Crippen LogP contribution in [-0.4, -0.2) is 41.1 Å². The minimum absolute atomic E-state index is 0. The van der Waals surface area contributed by atoms with Crippen molar-refractivity contribution < 1.29 is 17.9 Å². The molecular weight excluding hydrogens is 375 g/mol. The Morgan fingerprint density at radius 1 is 1.46 bits per heavy atom. The van der Waals surface area contributed by atoms with E-state index < -0.39 is 16.0 Å². The van der Waals surface area contributed by atoms with Crippen molar-refractivity contribution in [1.29, 1.82) is 0 Å². The first kappa shape index (κ1) is 21.2. The van der Waals surface area contributed by atoms with Crippen molar-refractivity contribution in [3.63, 3.8) is 0 Å². The smallest absolute Gasteiger partial charge is 0.339 e. The van der Waals surface area contributed by atoms with Crippen molar-refractivity contribution in [2.75, 3.05) is 26.7 Å². The third-order valence-electron chi connectivity index (χ3n) is 3.90. The first-order valence-corrected chi connectivity index (χ1v) is 9.38. The van der Waals surface area contributed by atoms with Crippen molar-refractivity contribution in [2.24, 2.45) is 5.92 Å². The number of nitrogens with one attached hydrogen (secondary N) is 2. The molecule has 0 spiro atoms. The predicted molar refractivity (Wildman–Crippen MR) is 95.4 cm³/mol. The van der Waals surface area contributed by atoms with Crippen LogP contribution in [0.15, 0.2) is 23.1 Å². The molecule has 1 saturated heterocycles. The highest BCUT2D eigenvalue weighted by molar-refractivity contribution is 7.89. The van der Waals surface area contributed by atoms with Gasteiger partial charge in [-0.05, 0) is 56.5 Å². The molecule has 1 heterocycles. The molecule has 0 aromatic heterocycles. The van der Waals surface area contributed by atoms with Gasteiger partial charge >= 0.3 is 5.97 Å². The molecule has 1 fully saturated rings. The highest BCUT2D eigenvalue weighted by atomic mass is 35.5. The van der Waals surface area contributed by atoms with Crippen molar-refractivity contribution in [3.05, 3.63) is 28.8 Å². The van der Waals surface area contributed by atoms with Gasteiger partial charge in [0.25, 0.3) is 0 Å². The summed E-state index contributed by atoms with van der Waals surface area (Å²) in [7, 11) is -2.40. The fraction of sp³-hybridized carbons (Fsp3) is 0.533. The van der Waals surface area contributed by atoms with Crippen LogP contribution < -0.4 is 10.0 Å². The second kappa shape index (κ2) is 9.58. The lowest BCUT2D eigenvalue weighted by Crippen LogP contribution is -2.33. The first-order valence-electron chi connectivity index (χ1n) is 7.52. The van der Waals surface area contributed by atoms with Crippen LogP contribution in [0.1, 0.15) is 29.6 Å². The summed E-state index contributed by atoms with van der Waals surface area (Å²) in [4.78, 5) is 11.5. The van der Waals surface area contributed by atoms with Crippen LogP contribution in [0.5, 0.6) is 0 Å². The van der Waals surface area contributed by atoms with Crippen molar-refractivity contribution in [2.45, 2.75) is 24.2 Å². The summed E-state index contributed by atoms with van der Waals surface area (Å²) in [5.41, 5.74) is 0.140. The number of benzene rings is 1. The van der Waals surface area contributed by atoms with E-state index in [1.165, 1.54) is 25.3 Å². The van der Waals surface area contributed by atoms with Crippen LogP contribution in [-0.2, 0) is 14.8 Å². The number of carbonyl (C=O) groups excluding carboxylic acids is 1. The number of piperidine rings is 1. The highest BCUT2D eigenvalue weighted by Crippen LogP contribution is 2.22. The maximum atomic E-state index is 12.3. The molecule has 2 N–H and O–H groups in total. The molecule has 9 heteroatoms. The summed E-state index contributed by atoms with van der Waals surface area (Å²) < 4.78 is 31.7. The van der Waals surface area contributed by atoms with Gasteiger partial charge in [-0.1, -0.05) is 11.6 Å². The summed E-state index contributed by atoms with van der Waals surface area (Å²) in [5, 5.41) is 3.36. The molecule has 0 bridgehead atoms. The van der Waals surface area contributed by atoms with Crippen molar-refractivity contribution in [3.8, 4) is 0 Å². The molecule has 1 aromatic carbocycles. The molecular formula is C15H22Cl2N2O4S. The normalized spacial score (nSPS) is 17.8. The fourth-order valence-corrected chi connectivity index (χ4v) is 3.99. The average Bonchev–Trinajstić information content (AvgIpc) is 2.55. The van der Waals surface area contributed by atoms with Gasteiger partial charge in [0.2, 0.25) is 10.0 Å². The Morgan fingerprint density at radius 2 is 2.21 bits per heavy atom. The maximum Gasteiger partial charge on any atom is 0.339 e. The molecule has 0 amide bonds. The highest BCUT2D eigenvalue weighted by Gasteiger charge is 2.19. The van der Waals surface area contributed by atoms with Gasteiger partial charge in [0, 0.05) is 6.54 Å². The van der Waals surface area contributed by atoms with E-state index >= 15 is 0 Å². The molecule has 1 atom stereocenters. The van der Waals surface area contributed by atoms with E-state index in [0.717, 1.165) is 32.4 Å². The number of hydrogen-bond donors (Lipinski definition) is 2. The number of methoxy groups -OCH3 is 1. The molecule has 136 valence electrons. The number of sulfonamides is 1. The lowest BCUT2D eigenvalue weighted by Gasteiger charge is -2.22. The van der Waals surface area contributed by atoms with E-state index in [0.29, 0.717) is 12.5 Å². The molecule has 6 nitrogen and oxygen atoms in total.